The number of aryl methyl sites for hydroxylation is 1. The van der Waals surface area contributed by atoms with Crippen molar-refractivity contribution in [3.63, 3.8) is 0 Å². The predicted octanol–water partition coefficient (Wildman–Crippen LogP) is 4.51. The van der Waals surface area contributed by atoms with E-state index in [1.54, 1.807) is 12.4 Å². The first-order valence-corrected chi connectivity index (χ1v) is 10.2. The molecule has 2 aromatic carbocycles. The van der Waals surface area contributed by atoms with Gasteiger partial charge in [0.25, 0.3) is 0 Å². The third-order valence-corrected chi connectivity index (χ3v) is 6.16. The predicted molar refractivity (Wildman–Crippen MR) is 110 cm³/mol. The van der Waals surface area contributed by atoms with Crippen LogP contribution in [-0.4, -0.2) is 28.8 Å². The van der Waals surface area contributed by atoms with Gasteiger partial charge >= 0.3 is 12.1 Å². The molecule has 1 aliphatic rings. The summed E-state index contributed by atoms with van der Waals surface area (Å²) in [4.78, 5) is 28.6. The number of nitrogens with zero attached hydrogens (tertiary/aromatic N) is 1. The van der Waals surface area contributed by atoms with Crippen LogP contribution in [0.15, 0.2) is 54.0 Å². The average Bonchev–Trinajstić information content (AvgIpc) is 3.27. The third kappa shape index (κ3) is 3.86. The van der Waals surface area contributed by atoms with Crippen LogP contribution < -0.4 is 5.32 Å². The maximum atomic E-state index is 12.5. The van der Waals surface area contributed by atoms with Crippen LogP contribution in [0, 0.1) is 6.92 Å². The maximum absolute atomic E-state index is 12.5. The quantitative estimate of drug-likeness (QED) is 0.627. The summed E-state index contributed by atoms with van der Waals surface area (Å²) in [6.45, 7) is 1.97. The Morgan fingerprint density at radius 3 is 2.31 bits per heavy atom. The molecule has 0 bridgehead atoms. The summed E-state index contributed by atoms with van der Waals surface area (Å²) in [7, 11) is 0. The molecule has 1 atom stereocenters. The minimum absolute atomic E-state index is 0.0452. The molecule has 2 N–H and O–H groups in total. The average molecular weight is 408 g/mol. The van der Waals surface area contributed by atoms with E-state index in [9.17, 15) is 14.7 Å². The molecule has 6 nitrogen and oxygen atoms in total. The minimum Gasteiger partial charge on any atom is -0.481 e. The number of amides is 1. The summed E-state index contributed by atoms with van der Waals surface area (Å²) in [5.41, 5.74) is 6.91. The molecule has 0 radical (unpaired) electrons. The van der Waals surface area contributed by atoms with Crippen LogP contribution in [0.3, 0.4) is 0 Å². The largest absolute Gasteiger partial charge is 0.481 e. The molecule has 1 aliphatic carbocycles. The second kappa shape index (κ2) is 8.05. The lowest BCUT2D eigenvalue weighted by molar-refractivity contribution is -0.137. The first-order valence-electron chi connectivity index (χ1n) is 9.28. The van der Waals surface area contributed by atoms with Crippen molar-refractivity contribution < 1.29 is 19.4 Å². The van der Waals surface area contributed by atoms with Crippen LogP contribution in [0.5, 0.6) is 0 Å². The number of hydrogen-bond acceptors (Lipinski definition) is 5. The van der Waals surface area contributed by atoms with Gasteiger partial charge in [0.15, 0.2) is 0 Å². The molecule has 0 aliphatic heterocycles. The summed E-state index contributed by atoms with van der Waals surface area (Å²) in [6.07, 6.45) is -0.862. The van der Waals surface area contributed by atoms with E-state index in [0.717, 1.165) is 27.1 Å². The zero-order chi connectivity index (χ0) is 20.4. The maximum Gasteiger partial charge on any atom is 0.407 e. The number of carbonyl (C=O) groups is 2. The van der Waals surface area contributed by atoms with E-state index < -0.39 is 18.1 Å². The normalized spacial score (nSPS) is 13.4. The van der Waals surface area contributed by atoms with Crippen LogP contribution in [0.4, 0.5) is 4.79 Å². The molecule has 0 fully saturated rings. The monoisotopic (exact) mass is 408 g/mol. The molecule has 148 valence electrons. The molecule has 1 amide bonds. The van der Waals surface area contributed by atoms with E-state index in [-0.39, 0.29) is 18.9 Å². The van der Waals surface area contributed by atoms with Gasteiger partial charge in [-0.15, -0.1) is 11.3 Å². The first kappa shape index (κ1) is 19.1. The molecule has 4 rings (SSSR count). The number of carbonyl (C=O) groups excluding carboxylic acids is 1. The van der Waals surface area contributed by atoms with Gasteiger partial charge in [-0.1, -0.05) is 48.5 Å². The van der Waals surface area contributed by atoms with Crippen LogP contribution in [0.2, 0.25) is 0 Å². The number of carboxylic acids is 1. The fourth-order valence-corrected chi connectivity index (χ4v) is 4.67. The Morgan fingerprint density at radius 2 is 1.76 bits per heavy atom. The number of thiazole rings is 1. The number of fused-ring (bicyclic) bond motifs is 3. The van der Waals surface area contributed by atoms with Gasteiger partial charge in [-0.3, -0.25) is 4.79 Å². The number of alkyl carbamates (subject to hydrolysis) is 1. The molecule has 0 saturated heterocycles. The SMILES string of the molecule is Cc1ncsc1[C@@H](CC(=O)O)NC(=O)OCC1c2ccccc2-c2ccccc21. The van der Waals surface area contributed by atoms with Gasteiger partial charge in [0.05, 0.1) is 28.5 Å². The summed E-state index contributed by atoms with van der Waals surface area (Å²) < 4.78 is 5.53. The van der Waals surface area contributed by atoms with Crippen molar-refractivity contribution in [3.8, 4) is 11.1 Å². The molecule has 29 heavy (non-hydrogen) atoms. The zero-order valence-corrected chi connectivity index (χ0v) is 16.6. The Hall–Kier alpha value is -3.19. The molecular weight excluding hydrogens is 388 g/mol. The standard InChI is InChI=1S/C22H20N2O4S/c1-13-21(29-12-23-13)19(10-20(25)26)24-22(27)28-11-18-16-8-4-2-6-14(16)15-7-3-5-9-17(15)18/h2-9,12,18-19H,10-11H2,1H3,(H,24,27)(H,25,26)/t19-/m1/s1. The van der Waals surface area contributed by atoms with Gasteiger partial charge in [0.1, 0.15) is 6.61 Å². The number of carboxylic acid groups (broad SMARTS) is 1. The van der Waals surface area contributed by atoms with Crippen molar-refractivity contribution in [3.05, 3.63) is 75.7 Å². The highest BCUT2D eigenvalue weighted by Gasteiger charge is 2.29. The third-order valence-electron chi connectivity index (χ3n) is 5.11. The number of hydrogen-bond donors (Lipinski definition) is 2. The van der Waals surface area contributed by atoms with Crippen LogP contribution >= 0.6 is 11.3 Å². The zero-order valence-electron chi connectivity index (χ0n) is 15.8. The number of benzene rings is 2. The molecule has 0 saturated carbocycles. The van der Waals surface area contributed by atoms with Crippen LogP contribution in [0.25, 0.3) is 11.1 Å². The summed E-state index contributed by atoms with van der Waals surface area (Å²) in [6, 6.07) is 15.5. The van der Waals surface area contributed by atoms with Gasteiger partial charge in [0, 0.05) is 5.92 Å². The highest BCUT2D eigenvalue weighted by Crippen LogP contribution is 2.44. The van der Waals surface area contributed by atoms with E-state index in [0.29, 0.717) is 5.69 Å². The topological polar surface area (TPSA) is 88.5 Å². The Labute approximate surface area is 172 Å². The molecule has 0 unspecified atom stereocenters. The van der Waals surface area contributed by atoms with Crippen molar-refractivity contribution in [2.45, 2.75) is 25.3 Å². The van der Waals surface area contributed by atoms with Crippen molar-refractivity contribution in [2.75, 3.05) is 6.61 Å². The van der Waals surface area contributed by atoms with Gasteiger partial charge in [-0.2, -0.15) is 0 Å². The van der Waals surface area contributed by atoms with Crippen LogP contribution in [0.1, 0.15) is 40.1 Å². The molecule has 1 heterocycles. The van der Waals surface area contributed by atoms with Crippen molar-refractivity contribution in [1.29, 1.82) is 0 Å². The highest BCUT2D eigenvalue weighted by molar-refractivity contribution is 7.09. The van der Waals surface area contributed by atoms with E-state index in [1.165, 1.54) is 11.3 Å². The lowest BCUT2D eigenvalue weighted by atomic mass is 9.98. The molecule has 1 aromatic heterocycles. The van der Waals surface area contributed by atoms with E-state index in [1.807, 2.05) is 24.3 Å². The van der Waals surface area contributed by atoms with E-state index in [2.05, 4.69) is 34.6 Å². The summed E-state index contributed by atoms with van der Waals surface area (Å²) in [5, 5.41) is 11.9. The fraction of sp³-hybridized carbons (Fsp3) is 0.227. The molecular formula is C22H20N2O4S. The Balaban J connectivity index is 1.48. The van der Waals surface area contributed by atoms with Gasteiger partial charge in [-0.25, -0.2) is 9.78 Å². The van der Waals surface area contributed by atoms with E-state index in [4.69, 9.17) is 4.74 Å². The van der Waals surface area contributed by atoms with Crippen molar-refractivity contribution in [1.82, 2.24) is 10.3 Å². The lowest BCUT2D eigenvalue weighted by Gasteiger charge is -2.18. The van der Waals surface area contributed by atoms with Crippen molar-refractivity contribution in [2.24, 2.45) is 0 Å². The summed E-state index contributed by atoms with van der Waals surface area (Å²) >= 11 is 1.32. The molecule has 0 spiro atoms. The van der Waals surface area contributed by atoms with Crippen molar-refractivity contribution >= 4 is 23.4 Å². The first-order chi connectivity index (χ1) is 14.0. The Kier molecular flexibility index (Phi) is 5.31. The number of aliphatic carboxylic acids is 1. The van der Waals surface area contributed by atoms with Gasteiger partial charge in [-0.05, 0) is 29.2 Å². The highest BCUT2D eigenvalue weighted by atomic mass is 32.1. The second-order valence-corrected chi connectivity index (χ2v) is 7.81. The lowest BCUT2D eigenvalue weighted by Crippen LogP contribution is -2.31. The van der Waals surface area contributed by atoms with E-state index >= 15 is 0 Å². The van der Waals surface area contributed by atoms with Gasteiger partial charge < -0.3 is 15.2 Å². The molecule has 3 aromatic rings. The smallest absolute Gasteiger partial charge is 0.407 e. The number of aromatic nitrogens is 1. The fourth-order valence-electron chi connectivity index (χ4n) is 3.81. The number of ether oxygens (including phenoxy) is 1. The summed E-state index contributed by atoms with van der Waals surface area (Å²) in [5.74, 6) is -1.04. The Bertz CT molecular complexity index is 1020. The van der Waals surface area contributed by atoms with Crippen LogP contribution in [-0.2, 0) is 9.53 Å². The Morgan fingerprint density at radius 1 is 1.14 bits per heavy atom. The number of rotatable bonds is 6. The molecule has 7 heteroatoms. The number of nitrogens with one attached hydrogen (secondary N) is 1. The van der Waals surface area contributed by atoms with Gasteiger partial charge in [0.2, 0.25) is 0 Å². The minimum atomic E-state index is -0.998. The second-order valence-electron chi connectivity index (χ2n) is 6.92.